The van der Waals surface area contributed by atoms with Crippen LogP contribution >= 0.6 is 11.6 Å². The quantitative estimate of drug-likeness (QED) is 0.655. The van der Waals surface area contributed by atoms with Crippen LogP contribution in [0, 0.1) is 11.8 Å². The minimum Gasteiger partial charge on any atom is -0.126 e. The van der Waals surface area contributed by atoms with Crippen molar-refractivity contribution in [3.05, 3.63) is 35.9 Å². The van der Waals surface area contributed by atoms with E-state index in [-0.39, 0.29) is 0 Å². The first kappa shape index (κ1) is 10.0. The van der Waals surface area contributed by atoms with Crippen molar-refractivity contribution < 1.29 is 0 Å². The molecule has 3 atom stereocenters. The molecule has 1 aliphatic carbocycles. The molecule has 14 heavy (non-hydrogen) atoms. The van der Waals surface area contributed by atoms with E-state index in [0.29, 0.717) is 0 Å². The van der Waals surface area contributed by atoms with E-state index < -0.39 is 0 Å². The Morgan fingerprint density at radius 3 is 2.64 bits per heavy atom. The summed E-state index contributed by atoms with van der Waals surface area (Å²) in [7, 11) is 0. The third-order valence-corrected chi connectivity index (χ3v) is 3.79. The molecule has 0 aliphatic heterocycles. The maximum absolute atomic E-state index is 5.96. The maximum atomic E-state index is 5.96. The van der Waals surface area contributed by atoms with Crippen LogP contribution in [0.1, 0.15) is 31.2 Å². The first-order valence-corrected chi connectivity index (χ1v) is 6.01. The van der Waals surface area contributed by atoms with Gasteiger partial charge in [-0.15, -0.1) is 11.6 Å². The lowest BCUT2D eigenvalue weighted by molar-refractivity contribution is 0.488. The van der Waals surface area contributed by atoms with Gasteiger partial charge in [0.15, 0.2) is 0 Å². The molecule has 1 heteroatoms. The van der Waals surface area contributed by atoms with Gasteiger partial charge in [0.05, 0.1) is 0 Å². The molecular formula is C13H17Cl. The zero-order valence-electron chi connectivity index (χ0n) is 8.62. The smallest absolute Gasteiger partial charge is 0.0254 e. The largest absolute Gasteiger partial charge is 0.126 e. The van der Waals surface area contributed by atoms with Gasteiger partial charge in [-0.3, -0.25) is 0 Å². The Bertz CT molecular complexity index is 277. The zero-order valence-corrected chi connectivity index (χ0v) is 9.37. The Morgan fingerprint density at radius 2 is 2.07 bits per heavy atom. The lowest BCUT2D eigenvalue weighted by atomic mass is 9.99. The molecule has 1 aliphatic rings. The molecule has 0 aromatic heterocycles. The van der Waals surface area contributed by atoms with Crippen molar-refractivity contribution in [2.24, 2.45) is 11.8 Å². The molecule has 1 aromatic carbocycles. The fraction of sp³-hybridized carbons (Fsp3) is 0.538. The van der Waals surface area contributed by atoms with Gasteiger partial charge in [0.1, 0.15) is 0 Å². The lowest BCUT2D eigenvalue weighted by Gasteiger charge is -2.10. The van der Waals surface area contributed by atoms with Crippen molar-refractivity contribution >= 4 is 11.6 Å². The number of hydrogen-bond acceptors (Lipinski definition) is 0. The minimum atomic E-state index is 0.724. The molecule has 1 fully saturated rings. The third kappa shape index (κ3) is 1.95. The van der Waals surface area contributed by atoms with E-state index >= 15 is 0 Å². The number of halogens is 1. The van der Waals surface area contributed by atoms with Gasteiger partial charge in [0, 0.05) is 5.88 Å². The van der Waals surface area contributed by atoms with E-state index in [4.69, 9.17) is 11.6 Å². The standard InChI is InChI=1S/C13H17Cl/c1-2-10(9-14)12-8-13(12)11-6-4-3-5-7-11/h3-7,10,12-13H,2,8-9H2,1H3. The van der Waals surface area contributed by atoms with E-state index in [1.54, 1.807) is 0 Å². The Morgan fingerprint density at radius 1 is 1.36 bits per heavy atom. The number of hydrogen-bond donors (Lipinski definition) is 0. The summed E-state index contributed by atoms with van der Waals surface area (Å²) >= 11 is 5.96. The molecular weight excluding hydrogens is 192 g/mol. The normalized spacial score (nSPS) is 27.3. The Hall–Kier alpha value is -0.490. The third-order valence-electron chi connectivity index (χ3n) is 3.40. The second-order valence-electron chi connectivity index (χ2n) is 4.24. The van der Waals surface area contributed by atoms with Gasteiger partial charge >= 0.3 is 0 Å². The fourth-order valence-corrected chi connectivity index (χ4v) is 2.79. The Kier molecular flexibility index (Phi) is 3.12. The van der Waals surface area contributed by atoms with Gasteiger partial charge in [-0.2, -0.15) is 0 Å². The van der Waals surface area contributed by atoms with Gasteiger partial charge < -0.3 is 0 Å². The first-order valence-electron chi connectivity index (χ1n) is 5.47. The summed E-state index contributed by atoms with van der Waals surface area (Å²) in [6.07, 6.45) is 2.56. The number of alkyl halides is 1. The van der Waals surface area contributed by atoms with Crippen LogP contribution in [0.5, 0.6) is 0 Å². The Balaban J connectivity index is 1.99. The second-order valence-corrected chi connectivity index (χ2v) is 4.55. The predicted molar refractivity (Wildman–Crippen MR) is 61.8 cm³/mol. The van der Waals surface area contributed by atoms with Crippen LogP contribution < -0.4 is 0 Å². The molecule has 2 rings (SSSR count). The molecule has 0 N–H and O–H groups in total. The summed E-state index contributed by atoms with van der Waals surface area (Å²) in [5, 5.41) is 0. The highest BCUT2D eigenvalue weighted by atomic mass is 35.5. The zero-order chi connectivity index (χ0) is 9.97. The monoisotopic (exact) mass is 208 g/mol. The molecule has 0 nitrogen and oxygen atoms in total. The van der Waals surface area contributed by atoms with Crippen LogP contribution in [0.4, 0.5) is 0 Å². The lowest BCUT2D eigenvalue weighted by Crippen LogP contribution is -2.04. The summed E-state index contributed by atoms with van der Waals surface area (Å²) in [6, 6.07) is 10.8. The summed E-state index contributed by atoms with van der Waals surface area (Å²) in [6.45, 7) is 2.24. The summed E-state index contributed by atoms with van der Waals surface area (Å²) in [4.78, 5) is 0. The van der Waals surface area contributed by atoms with Crippen molar-refractivity contribution in [2.75, 3.05) is 5.88 Å². The van der Waals surface area contributed by atoms with Gasteiger partial charge in [-0.05, 0) is 29.7 Å². The van der Waals surface area contributed by atoms with E-state index in [2.05, 4.69) is 37.3 Å². The number of rotatable bonds is 4. The molecule has 1 aromatic rings. The highest BCUT2D eigenvalue weighted by Gasteiger charge is 2.42. The molecule has 0 saturated heterocycles. The minimum absolute atomic E-state index is 0.724. The molecule has 76 valence electrons. The molecule has 0 amide bonds. The molecule has 1 saturated carbocycles. The average molecular weight is 209 g/mol. The van der Waals surface area contributed by atoms with Crippen molar-refractivity contribution in [3.8, 4) is 0 Å². The highest BCUT2D eigenvalue weighted by molar-refractivity contribution is 6.18. The van der Waals surface area contributed by atoms with Crippen molar-refractivity contribution in [1.29, 1.82) is 0 Å². The van der Waals surface area contributed by atoms with Crippen LogP contribution in [-0.2, 0) is 0 Å². The van der Waals surface area contributed by atoms with Crippen molar-refractivity contribution in [3.63, 3.8) is 0 Å². The first-order chi connectivity index (χ1) is 6.86. The van der Waals surface area contributed by atoms with Crippen LogP contribution in [0.15, 0.2) is 30.3 Å². The SMILES string of the molecule is CCC(CCl)C1CC1c1ccccc1. The molecule has 0 radical (unpaired) electrons. The van der Waals surface area contributed by atoms with E-state index in [1.165, 1.54) is 18.4 Å². The van der Waals surface area contributed by atoms with Gasteiger partial charge in [0.25, 0.3) is 0 Å². The topological polar surface area (TPSA) is 0 Å². The van der Waals surface area contributed by atoms with Crippen LogP contribution in [0.25, 0.3) is 0 Å². The van der Waals surface area contributed by atoms with Gasteiger partial charge in [0.2, 0.25) is 0 Å². The maximum Gasteiger partial charge on any atom is 0.0254 e. The second kappa shape index (κ2) is 4.35. The Labute approximate surface area is 91.3 Å². The van der Waals surface area contributed by atoms with Gasteiger partial charge in [-0.25, -0.2) is 0 Å². The van der Waals surface area contributed by atoms with E-state index in [1.807, 2.05) is 0 Å². The van der Waals surface area contributed by atoms with Gasteiger partial charge in [-0.1, -0.05) is 43.7 Å². The summed E-state index contributed by atoms with van der Waals surface area (Å²) < 4.78 is 0. The van der Waals surface area contributed by atoms with E-state index in [9.17, 15) is 0 Å². The predicted octanol–water partition coefficient (Wildman–Crippen LogP) is 4.06. The van der Waals surface area contributed by atoms with Crippen molar-refractivity contribution in [1.82, 2.24) is 0 Å². The van der Waals surface area contributed by atoms with Crippen molar-refractivity contribution in [2.45, 2.75) is 25.7 Å². The van der Waals surface area contributed by atoms with E-state index in [0.717, 1.165) is 23.6 Å². The molecule has 0 heterocycles. The number of benzene rings is 1. The molecule has 0 bridgehead atoms. The summed E-state index contributed by atoms with van der Waals surface area (Å²) in [5.74, 6) is 3.19. The average Bonchev–Trinajstić information content (AvgIpc) is 3.01. The van der Waals surface area contributed by atoms with Crippen LogP contribution in [-0.4, -0.2) is 5.88 Å². The van der Waals surface area contributed by atoms with Crippen LogP contribution in [0.3, 0.4) is 0 Å². The molecule has 0 spiro atoms. The van der Waals surface area contributed by atoms with Crippen LogP contribution in [0.2, 0.25) is 0 Å². The fourth-order valence-electron chi connectivity index (χ4n) is 2.35. The highest BCUT2D eigenvalue weighted by Crippen LogP contribution is 2.52. The summed E-state index contributed by atoms with van der Waals surface area (Å²) in [5.41, 5.74) is 1.50. The molecule has 3 unspecified atom stereocenters.